The number of pyridine rings is 1. The molecule has 28 heavy (non-hydrogen) atoms. The van der Waals surface area contributed by atoms with Gasteiger partial charge in [-0.25, -0.2) is 9.67 Å². The maximum atomic E-state index is 13.1. The number of anilines is 1. The number of hydrogen-bond donors (Lipinski definition) is 1. The quantitative estimate of drug-likeness (QED) is 0.612. The smallest absolute Gasteiger partial charge is 0.258 e. The van der Waals surface area contributed by atoms with E-state index in [1.807, 2.05) is 10.7 Å². The van der Waals surface area contributed by atoms with E-state index in [-0.39, 0.29) is 11.9 Å². The Morgan fingerprint density at radius 1 is 1.29 bits per heavy atom. The van der Waals surface area contributed by atoms with E-state index in [2.05, 4.69) is 48.3 Å². The molecule has 0 unspecified atom stereocenters. The van der Waals surface area contributed by atoms with Crippen LogP contribution in [-0.2, 0) is 0 Å². The van der Waals surface area contributed by atoms with Gasteiger partial charge in [0.2, 0.25) is 5.13 Å². The predicted octanol–water partition coefficient (Wildman–Crippen LogP) is 4.90. The fourth-order valence-electron chi connectivity index (χ4n) is 3.44. The lowest BCUT2D eigenvalue weighted by Gasteiger charge is -2.10. The van der Waals surface area contributed by atoms with E-state index < -0.39 is 0 Å². The zero-order chi connectivity index (χ0) is 19.8. The summed E-state index contributed by atoms with van der Waals surface area (Å²) in [4.78, 5) is 17.9. The van der Waals surface area contributed by atoms with Crippen LogP contribution in [0.2, 0.25) is 0 Å². The molecule has 0 radical (unpaired) electrons. The van der Waals surface area contributed by atoms with E-state index in [0.717, 1.165) is 47.4 Å². The van der Waals surface area contributed by atoms with Crippen molar-refractivity contribution in [3.05, 3.63) is 28.5 Å². The maximum absolute atomic E-state index is 13.1. The lowest BCUT2D eigenvalue weighted by molar-refractivity contribution is 0.102. The second-order valence-corrected chi connectivity index (χ2v) is 8.71. The molecule has 7 nitrogen and oxygen atoms in total. The van der Waals surface area contributed by atoms with Crippen LogP contribution in [-0.4, -0.2) is 30.9 Å². The average Bonchev–Trinajstić information content (AvgIpc) is 3.28. The normalized spacial score (nSPS) is 14.4. The van der Waals surface area contributed by atoms with Gasteiger partial charge in [0.05, 0.1) is 17.1 Å². The fraction of sp³-hybridized carbons (Fsp3) is 0.550. The molecular weight excluding hydrogens is 372 g/mol. The highest BCUT2D eigenvalue weighted by Crippen LogP contribution is 2.40. The highest BCUT2D eigenvalue weighted by atomic mass is 32.1. The molecular formula is C20H26N6OS. The molecule has 0 bridgehead atoms. The summed E-state index contributed by atoms with van der Waals surface area (Å²) in [6.45, 7) is 8.43. The van der Waals surface area contributed by atoms with Gasteiger partial charge in [-0.15, -0.1) is 10.2 Å². The van der Waals surface area contributed by atoms with Crippen molar-refractivity contribution in [1.29, 1.82) is 0 Å². The van der Waals surface area contributed by atoms with Gasteiger partial charge in [-0.05, 0) is 45.6 Å². The van der Waals surface area contributed by atoms with E-state index in [0.29, 0.717) is 22.5 Å². The predicted molar refractivity (Wildman–Crippen MR) is 111 cm³/mol. The van der Waals surface area contributed by atoms with Crippen LogP contribution in [0.15, 0.2) is 12.3 Å². The molecule has 3 heterocycles. The van der Waals surface area contributed by atoms with Crippen LogP contribution in [0.4, 0.5) is 5.13 Å². The first-order valence-electron chi connectivity index (χ1n) is 10.0. The molecule has 1 N–H and O–H groups in total. The Kier molecular flexibility index (Phi) is 5.14. The summed E-state index contributed by atoms with van der Waals surface area (Å²) >= 11 is 1.46. The molecule has 0 saturated heterocycles. The third-order valence-corrected chi connectivity index (χ3v) is 6.31. The van der Waals surface area contributed by atoms with E-state index in [1.54, 1.807) is 6.20 Å². The van der Waals surface area contributed by atoms with Gasteiger partial charge in [0.25, 0.3) is 5.91 Å². The van der Waals surface area contributed by atoms with Gasteiger partial charge in [-0.3, -0.25) is 10.1 Å². The monoisotopic (exact) mass is 398 g/mol. The summed E-state index contributed by atoms with van der Waals surface area (Å²) in [6, 6.07) is 2.10. The number of aromatic nitrogens is 5. The Bertz CT molecular complexity index is 999. The zero-order valence-electron chi connectivity index (χ0n) is 16.8. The molecule has 0 aromatic carbocycles. The molecule has 1 fully saturated rings. The Morgan fingerprint density at radius 3 is 2.68 bits per heavy atom. The third kappa shape index (κ3) is 3.53. The lowest BCUT2D eigenvalue weighted by atomic mass is 10.1. The largest absolute Gasteiger partial charge is 0.296 e. The molecule has 3 aromatic rings. The molecule has 0 atom stereocenters. The molecule has 3 aromatic heterocycles. The first kappa shape index (κ1) is 19.0. The molecule has 8 heteroatoms. The summed E-state index contributed by atoms with van der Waals surface area (Å²) < 4.78 is 1.88. The molecule has 0 aliphatic heterocycles. The van der Waals surface area contributed by atoms with Gasteiger partial charge in [-0.1, -0.05) is 25.2 Å². The summed E-state index contributed by atoms with van der Waals surface area (Å²) in [5, 5.41) is 18.2. The van der Waals surface area contributed by atoms with Crippen molar-refractivity contribution in [2.75, 3.05) is 5.32 Å². The number of carbonyl (C=O) groups is 1. The van der Waals surface area contributed by atoms with Crippen LogP contribution in [0.3, 0.4) is 0 Å². The van der Waals surface area contributed by atoms with E-state index in [4.69, 9.17) is 4.98 Å². The molecule has 1 aliphatic rings. The van der Waals surface area contributed by atoms with Crippen LogP contribution in [0, 0.1) is 0 Å². The number of nitrogens with zero attached hydrogens (tertiary/aromatic N) is 5. The molecule has 0 spiro atoms. The number of rotatable bonds is 7. The average molecular weight is 399 g/mol. The van der Waals surface area contributed by atoms with Crippen molar-refractivity contribution in [3.8, 4) is 0 Å². The number of nitrogens with one attached hydrogen (secondary N) is 1. The summed E-state index contributed by atoms with van der Waals surface area (Å²) in [6.07, 6.45) is 6.03. The number of amides is 1. The minimum Gasteiger partial charge on any atom is -0.296 e. The zero-order valence-corrected chi connectivity index (χ0v) is 17.6. The summed E-state index contributed by atoms with van der Waals surface area (Å²) in [7, 11) is 0. The second-order valence-electron chi connectivity index (χ2n) is 7.70. The summed E-state index contributed by atoms with van der Waals surface area (Å²) in [5.74, 6) is 0.667. The summed E-state index contributed by atoms with van der Waals surface area (Å²) in [5.41, 5.74) is 2.37. The maximum Gasteiger partial charge on any atom is 0.258 e. The van der Waals surface area contributed by atoms with Crippen LogP contribution in [0.5, 0.6) is 0 Å². The fourth-order valence-corrected chi connectivity index (χ4v) is 4.45. The van der Waals surface area contributed by atoms with Crippen molar-refractivity contribution < 1.29 is 4.79 Å². The Hall–Kier alpha value is -2.35. The van der Waals surface area contributed by atoms with Crippen molar-refractivity contribution in [2.24, 2.45) is 0 Å². The SMILES string of the molecule is CCC(CC)c1nnc(NC(=O)c2cc(C3CC3)nc3c2cnn3C(C)C)s1. The van der Waals surface area contributed by atoms with Gasteiger partial charge in [-0.2, -0.15) is 5.10 Å². The first-order chi connectivity index (χ1) is 13.5. The van der Waals surface area contributed by atoms with E-state index in [9.17, 15) is 4.79 Å². The number of carbonyl (C=O) groups excluding carboxylic acids is 1. The van der Waals surface area contributed by atoms with Crippen molar-refractivity contribution in [3.63, 3.8) is 0 Å². The Morgan fingerprint density at radius 2 is 2.04 bits per heavy atom. The van der Waals surface area contributed by atoms with Gasteiger partial charge in [0.15, 0.2) is 5.65 Å². The highest BCUT2D eigenvalue weighted by Gasteiger charge is 2.28. The van der Waals surface area contributed by atoms with Crippen molar-refractivity contribution in [1.82, 2.24) is 25.0 Å². The van der Waals surface area contributed by atoms with E-state index >= 15 is 0 Å². The van der Waals surface area contributed by atoms with Gasteiger partial charge in [0.1, 0.15) is 5.01 Å². The van der Waals surface area contributed by atoms with Gasteiger partial charge >= 0.3 is 0 Å². The van der Waals surface area contributed by atoms with Gasteiger partial charge in [0, 0.05) is 23.6 Å². The minimum atomic E-state index is -0.176. The first-order valence-corrected chi connectivity index (χ1v) is 10.9. The number of fused-ring (bicyclic) bond motifs is 1. The number of hydrogen-bond acceptors (Lipinski definition) is 6. The standard InChI is InChI=1S/C20H26N6OS/c1-5-12(6-2)19-24-25-20(28-19)23-18(27)14-9-16(13-7-8-13)22-17-15(14)10-21-26(17)11(3)4/h9-13H,5-8H2,1-4H3,(H,23,25,27). The molecule has 1 saturated carbocycles. The topological polar surface area (TPSA) is 85.6 Å². The molecule has 148 valence electrons. The van der Waals surface area contributed by atoms with Gasteiger partial charge < -0.3 is 0 Å². The van der Waals surface area contributed by atoms with E-state index in [1.165, 1.54) is 11.3 Å². The van der Waals surface area contributed by atoms with Crippen molar-refractivity contribution in [2.45, 2.75) is 71.3 Å². The molecule has 1 aliphatic carbocycles. The Balaban J connectivity index is 1.67. The minimum absolute atomic E-state index is 0.176. The van der Waals surface area contributed by atoms with Crippen LogP contribution >= 0.6 is 11.3 Å². The van der Waals surface area contributed by atoms with Crippen molar-refractivity contribution >= 4 is 33.4 Å². The van der Waals surface area contributed by atoms with Crippen LogP contribution in [0.1, 0.15) is 92.3 Å². The van der Waals surface area contributed by atoms with Crippen LogP contribution in [0.25, 0.3) is 11.0 Å². The molecule has 4 rings (SSSR count). The lowest BCUT2D eigenvalue weighted by Crippen LogP contribution is -2.13. The highest BCUT2D eigenvalue weighted by molar-refractivity contribution is 7.15. The van der Waals surface area contributed by atoms with Crippen LogP contribution < -0.4 is 5.32 Å². The third-order valence-electron chi connectivity index (χ3n) is 5.31. The Labute approximate surface area is 168 Å². The second kappa shape index (κ2) is 7.58. The molecule has 1 amide bonds.